The summed E-state index contributed by atoms with van der Waals surface area (Å²) in [6.07, 6.45) is 3.66. The maximum Gasteiger partial charge on any atom is 1.00 e. The monoisotopic (exact) mass is 394 g/mol. The van der Waals surface area contributed by atoms with Gasteiger partial charge in [0.05, 0.1) is 6.10 Å². The molecule has 0 saturated heterocycles. The van der Waals surface area contributed by atoms with Gasteiger partial charge >= 0.3 is 29.6 Å². The molecule has 0 bridgehead atoms. The first-order valence-electron chi connectivity index (χ1n) is 10.6. The predicted octanol–water partition coefficient (Wildman–Crippen LogP) is 0.448. The molecule has 26 heavy (non-hydrogen) atoms. The van der Waals surface area contributed by atoms with Crippen molar-refractivity contribution in [1.82, 2.24) is 0 Å². The third kappa shape index (κ3) is 3.37. The van der Waals surface area contributed by atoms with E-state index in [0.29, 0.717) is 37.0 Å². The van der Waals surface area contributed by atoms with Crippen molar-refractivity contribution in [2.45, 2.75) is 77.7 Å². The molecule has 0 aromatic rings. The summed E-state index contributed by atoms with van der Waals surface area (Å²) in [5.74, 6) is 1.00. The number of hydrogen-bond acceptors (Lipinski definition) is 5. The molecule has 0 aromatic carbocycles. The minimum atomic E-state index is -4.67. The molecule has 0 aromatic heterocycles. The zero-order valence-corrected chi connectivity index (χ0v) is 18.8. The largest absolute Gasteiger partial charge is 1.00 e. The van der Waals surface area contributed by atoms with Crippen LogP contribution in [0, 0.1) is 34.5 Å². The van der Waals surface area contributed by atoms with Crippen LogP contribution in [-0.2, 0) is 19.4 Å². The van der Waals surface area contributed by atoms with Crippen molar-refractivity contribution in [3.05, 3.63) is 0 Å². The second-order valence-electron chi connectivity index (χ2n) is 9.22. The van der Waals surface area contributed by atoms with Crippen LogP contribution >= 0.6 is 0 Å². The third-order valence-corrected chi connectivity index (χ3v) is 8.77. The Morgan fingerprint density at radius 2 is 1.85 bits per heavy atom. The summed E-state index contributed by atoms with van der Waals surface area (Å²) in [6.45, 7) is 4.25. The Bertz CT molecular complexity index is 759. The standard InChI is InChI=1S/C19H30O5S.Na/c1-18-9-7-13(24-25(21,22)23)11-12(18)3-4-14-15-5-6-17(20)19(15,2)10-8-16(14)18;/h12-16H,3-11H2,1-2H3,(H,21,22,23);/q;+1/p-1/t12-,13-,14-,15-,16-,18-,19-;/m0./s1/i6D2;. The van der Waals surface area contributed by atoms with Crippen molar-refractivity contribution in [2.75, 3.05) is 0 Å². The van der Waals surface area contributed by atoms with Gasteiger partial charge in [0.15, 0.2) is 0 Å². The van der Waals surface area contributed by atoms with Gasteiger partial charge < -0.3 is 4.55 Å². The molecule has 7 atom stereocenters. The van der Waals surface area contributed by atoms with Crippen LogP contribution in [0.2, 0.25) is 0 Å². The molecule has 4 aliphatic rings. The zero-order chi connectivity index (χ0) is 19.8. The Balaban J connectivity index is 0.00000225. The van der Waals surface area contributed by atoms with Gasteiger partial charge in [-0.25, -0.2) is 8.42 Å². The molecular weight excluding hydrogens is 363 g/mol. The van der Waals surface area contributed by atoms with Gasteiger partial charge in [0.25, 0.3) is 0 Å². The van der Waals surface area contributed by atoms with Gasteiger partial charge in [-0.05, 0) is 80.5 Å². The van der Waals surface area contributed by atoms with Crippen LogP contribution in [-0.4, -0.2) is 24.9 Å². The zero-order valence-electron chi connectivity index (χ0n) is 18.0. The Morgan fingerprint density at radius 3 is 2.54 bits per heavy atom. The Morgan fingerprint density at radius 1 is 1.12 bits per heavy atom. The number of ketones is 1. The maximum absolute atomic E-state index is 12.7. The summed E-state index contributed by atoms with van der Waals surface area (Å²) in [6, 6.07) is 0. The minimum Gasteiger partial charge on any atom is -0.726 e. The topological polar surface area (TPSA) is 83.5 Å². The van der Waals surface area contributed by atoms with Crippen molar-refractivity contribution in [1.29, 1.82) is 0 Å². The van der Waals surface area contributed by atoms with Gasteiger partial charge in [-0.2, -0.15) is 0 Å². The molecule has 0 unspecified atom stereocenters. The van der Waals surface area contributed by atoms with Gasteiger partial charge in [0, 0.05) is 14.5 Å². The van der Waals surface area contributed by atoms with Crippen molar-refractivity contribution in [2.24, 2.45) is 34.5 Å². The fraction of sp³-hybridized carbons (Fsp3) is 0.947. The molecule has 7 heteroatoms. The summed E-state index contributed by atoms with van der Waals surface area (Å²) < 4.78 is 54.0. The third-order valence-electron chi connectivity index (χ3n) is 8.26. The van der Waals surface area contributed by atoms with Crippen molar-refractivity contribution >= 4 is 16.2 Å². The number of fused-ring (bicyclic) bond motifs is 5. The number of hydrogen-bond donors (Lipinski definition) is 0. The molecule has 0 amide bonds. The summed E-state index contributed by atoms with van der Waals surface area (Å²) in [5.41, 5.74) is -0.486. The van der Waals surface area contributed by atoms with Crippen LogP contribution in [0.15, 0.2) is 0 Å². The molecule has 4 rings (SSSR count). The van der Waals surface area contributed by atoms with E-state index in [4.69, 9.17) is 6.92 Å². The molecule has 4 aliphatic carbocycles. The summed E-state index contributed by atoms with van der Waals surface area (Å²) in [7, 11) is -4.67. The van der Waals surface area contributed by atoms with Crippen LogP contribution < -0.4 is 29.6 Å². The van der Waals surface area contributed by atoms with Crippen LogP contribution in [0.25, 0.3) is 0 Å². The predicted molar refractivity (Wildman–Crippen MR) is 91.3 cm³/mol. The van der Waals surface area contributed by atoms with Crippen molar-refractivity contribution in [3.63, 3.8) is 0 Å². The van der Waals surface area contributed by atoms with E-state index in [2.05, 4.69) is 6.92 Å². The molecule has 0 heterocycles. The summed E-state index contributed by atoms with van der Waals surface area (Å²) in [4.78, 5) is 12.7. The van der Waals surface area contributed by atoms with Gasteiger partial charge in [0.1, 0.15) is 5.78 Å². The van der Waals surface area contributed by atoms with E-state index in [9.17, 15) is 17.8 Å². The number of rotatable bonds is 2. The quantitative estimate of drug-likeness (QED) is 0.386. The normalized spacial score (nSPS) is 51.2. The average molecular weight is 395 g/mol. The van der Waals surface area contributed by atoms with Gasteiger partial charge in [-0.15, -0.1) is 0 Å². The Kier molecular flexibility index (Phi) is 5.07. The van der Waals surface area contributed by atoms with E-state index < -0.39 is 28.3 Å². The molecule has 142 valence electrons. The van der Waals surface area contributed by atoms with Gasteiger partial charge in [0.2, 0.25) is 10.4 Å². The molecule has 0 aliphatic heterocycles. The van der Waals surface area contributed by atoms with Gasteiger partial charge in [-0.3, -0.25) is 8.98 Å². The molecule has 0 N–H and O–H groups in total. The first kappa shape index (κ1) is 18.6. The van der Waals surface area contributed by atoms with Crippen molar-refractivity contribution < 1.29 is 54.2 Å². The number of carbonyl (C=O) groups is 1. The molecule has 4 saturated carbocycles. The Hall–Kier alpha value is 0.540. The Labute approximate surface area is 182 Å². The molecule has 0 spiro atoms. The van der Waals surface area contributed by atoms with Crippen molar-refractivity contribution in [3.8, 4) is 0 Å². The number of Topliss-reactive ketones (excluding diaryl/α,β-unsaturated/α-hetero) is 1. The molecular formula is C19H29NaO5S. The fourth-order valence-corrected chi connectivity index (χ4v) is 7.36. The maximum atomic E-state index is 12.7. The van der Waals surface area contributed by atoms with E-state index in [0.717, 1.165) is 32.1 Å². The second-order valence-corrected chi connectivity index (χ2v) is 10.2. The molecule has 4 fully saturated rings. The summed E-state index contributed by atoms with van der Waals surface area (Å²) in [5, 5.41) is 0. The fourth-order valence-electron chi connectivity index (χ4n) is 6.86. The first-order valence-corrected chi connectivity index (χ1v) is 10.9. The molecule has 5 nitrogen and oxygen atoms in total. The van der Waals surface area contributed by atoms with Gasteiger partial charge in [-0.1, -0.05) is 13.8 Å². The van der Waals surface area contributed by atoms with E-state index in [1.54, 1.807) is 0 Å². The van der Waals surface area contributed by atoms with Crippen LogP contribution in [0.3, 0.4) is 0 Å². The SMILES string of the molecule is [2H]C1([2H])C[C@H]2[C@@H]3CC[C@H]4C[C@@H](OS(=O)(=O)[O-])CC[C@]4(C)[C@H]3CC[C@]2(C)C1=O.[Na+]. The number of carbonyl (C=O) groups excluding carboxylic acids is 1. The summed E-state index contributed by atoms with van der Waals surface area (Å²) >= 11 is 0. The van der Waals surface area contributed by atoms with E-state index in [1.807, 2.05) is 6.92 Å². The van der Waals surface area contributed by atoms with E-state index >= 15 is 0 Å². The average Bonchev–Trinajstić information content (AvgIpc) is 2.73. The molecule has 0 radical (unpaired) electrons. The van der Waals surface area contributed by atoms with Crippen LogP contribution in [0.1, 0.15) is 74.3 Å². The van der Waals surface area contributed by atoms with E-state index in [1.165, 1.54) is 0 Å². The van der Waals surface area contributed by atoms with Crippen LogP contribution in [0.4, 0.5) is 0 Å². The second kappa shape index (κ2) is 7.10. The first-order chi connectivity index (χ1) is 12.4. The van der Waals surface area contributed by atoms with E-state index in [-0.39, 0.29) is 46.7 Å². The van der Waals surface area contributed by atoms with Crippen LogP contribution in [0.5, 0.6) is 0 Å². The minimum absolute atomic E-state index is 0. The smallest absolute Gasteiger partial charge is 0.726 e.